The van der Waals surface area contributed by atoms with E-state index in [-0.39, 0.29) is 43.6 Å². The minimum Gasteiger partial charge on any atom is -0.461 e. The summed E-state index contributed by atoms with van der Waals surface area (Å²) in [6.45, 7) is 1.43. The minimum absolute atomic E-state index is 0.167. The van der Waals surface area contributed by atoms with Gasteiger partial charge in [0.1, 0.15) is 24.8 Å². The van der Waals surface area contributed by atoms with Gasteiger partial charge >= 0.3 is 17.9 Å². The topological polar surface area (TPSA) is 161 Å². The van der Waals surface area contributed by atoms with Crippen molar-refractivity contribution in [2.75, 3.05) is 11.9 Å². The summed E-state index contributed by atoms with van der Waals surface area (Å²) in [5.41, 5.74) is -1.90. The number of hydrogen-bond donors (Lipinski definition) is 1. The van der Waals surface area contributed by atoms with Crippen LogP contribution in [0.2, 0.25) is 0 Å². The summed E-state index contributed by atoms with van der Waals surface area (Å²) in [6, 6.07) is 0. The normalized spacial score (nSPS) is 36.3. The van der Waals surface area contributed by atoms with Crippen LogP contribution in [0.5, 0.6) is 0 Å². The van der Waals surface area contributed by atoms with Gasteiger partial charge in [-0.1, -0.05) is 5.92 Å². The first kappa shape index (κ1) is 32.2. The molecule has 4 bridgehead atoms. The van der Waals surface area contributed by atoms with Gasteiger partial charge in [0, 0.05) is 19.3 Å². The molecule has 4 heterocycles. The van der Waals surface area contributed by atoms with Crippen molar-refractivity contribution in [3.63, 3.8) is 0 Å². The number of aryl methyl sites for hydroxylation is 1. The molecule has 13 heteroatoms. The predicted octanol–water partition coefficient (Wildman–Crippen LogP) is 4.47. The lowest BCUT2D eigenvalue weighted by Crippen LogP contribution is -2.50. The molecule has 260 valence electrons. The molecule has 0 spiro atoms. The lowest BCUT2D eigenvalue weighted by atomic mass is 9.61. The maximum absolute atomic E-state index is 14.0. The Morgan fingerprint density at radius 1 is 0.980 bits per heavy atom. The number of nitrogens with zero attached hydrogens (tertiary/aromatic N) is 4. The Morgan fingerprint density at radius 3 is 2.20 bits per heavy atom. The number of fused-ring (bicyclic) bond motifs is 7. The number of carbonyl (C=O) groups is 4. The number of imidazole rings is 1. The molecule has 8 fully saturated rings. The Labute approximate surface area is 284 Å². The minimum atomic E-state index is -1.54. The highest BCUT2D eigenvalue weighted by Crippen LogP contribution is 2.53. The number of anilines is 1. The Morgan fingerprint density at radius 2 is 1.61 bits per heavy atom. The van der Waals surface area contributed by atoms with Gasteiger partial charge in [0.25, 0.3) is 5.91 Å². The lowest BCUT2D eigenvalue weighted by molar-refractivity contribution is -0.184. The zero-order valence-corrected chi connectivity index (χ0v) is 27.9. The monoisotopic (exact) mass is 673 g/mol. The molecular weight excluding hydrogens is 630 g/mol. The van der Waals surface area contributed by atoms with Crippen molar-refractivity contribution in [3.05, 3.63) is 12.2 Å². The van der Waals surface area contributed by atoms with E-state index in [9.17, 15) is 19.2 Å². The summed E-state index contributed by atoms with van der Waals surface area (Å²) in [5.74, 6) is 3.20. The van der Waals surface area contributed by atoms with Crippen LogP contribution >= 0.6 is 0 Å². The van der Waals surface area contributed by atoms with Crippen LogP contribution in [0.15, 0.2) is 6.33 Å². The Balaban J connectivity index is 1.07. The standard InChI is InChI=1S/C36H43N5O8/c1-3-36(19-46-32(44)34-12-6-22(7-13-34)8-14-34)25(48-33(45)35-15-9-23(10-16-35)11-17-35)18-26(49-36)41-20-37-28-29(38-21(2)39-30(28)41)40-31(43)24-4-5-27(42)47-24/h1,20,22-26H,4-19H2,2H3,(H,38,39,40,43)/t22?,23?,24-,25+,26-,34?,35?,36-/m1/s1. The van der Waals surface area contributed by atoms with E-state index in [4.69, 9.17) is 25.4 Å². The van der Waals surface area contributed by atoms with Crippen LogP contribution in [0.25, 0.3) is 11.2 Å². The van der Waals surface area contributed by atoms with Crippen LogP contribution in [0.3, 0.4) is 0 Å². The van der Waals surface area contributed by atoms with Crippen molar-refractivity contribution < 1.29 is 38.1 Å². The van der Waals surface area contributed by atoms with Crippen LogP contribution in [0.1, 0.15) is 108 Å². The highest BCUT2D eigenvalue weighted by molar-refractivity contribution is 6.00. The lowest BCUT2D eigenvalue weighted by Gasteiger charge is -2.45. The van der Waals surface area contributed by atoms with Gasteiger partial charge in [-0.25, -0.2) is 15.0 Å². The van der Waals surface area contributed by atoms with Gasteiger partial charge in [0.2, 0.25) is 5.60 Å². The summed E-state index contributed by atoms with van der Waals surface area (Å²) in [7, 11) is 0. The maximum Gasteiger partial charge on any atom is 0.312 e. The number of rotatable bonds is 8. The molecule has 6 saturated carbocycles. The SMILES string of the molecule is C#C[C@]1(COC(=O)C23CCC(CC2)CC3)O[C@@H](n2cnc3c(NC(=O)[C@H]4CCC(=O)O4)nc(C)nc32)C[C@@H]1OC(=O)C12CCC(CC1)CC2. The number of hydrogen-bond acceptors (Lipinski definition) is 11. The van der Waals surface area contributed by atoms with Gasteiger partial charge in [-0.05, 0) is 95.8 Å². The van der Waals surface area contributed by atoms with Crippen molar-refractivity contribution in [3.8, 4) is 12.3 Å². The van der Waals surface area contributed by atoms with Crippen molar-refractivity contribution >= 4 is 40.8 Å². The highest BCUT2D eigenvalue weighted by atomic mass is 16.6. The summed E-state index contributed by atoms with van der Waals surface area (Å²) in [5, 5.41) is 2.74. The smallest absolute Gasteiger partial charge is 0.312 e. The Bertz CT molecular complexity index is 1700. The number of aromatic nitrogens is 4. The molecule has 2 aromatic heterocycles. The molecule has 2 aliphatic heterocycles. The van der Waals surface area contributed by atoms with E-state index in [0.717, 1.165) is 77.0 Å². The zero-order valence-electron chi connectivity index (χ0n) is 27.9. The van der Waals surface area contributed by atoms with Gasteiger partial charge in [0.15, 0.2) is 23.1 Å². The molecule has 8 aliphatic rings. The number of carbonyl (C=O) groups excluding carboxylic acids is 4. The maximum atomic E-state index is 14.0. The zero-order chi connectivity index (χ0) is 34.0. The number of terminal acetylenes is 1. The summed E-state index contributed by atoms with van der Waals surface area (Å²) < 4.78 is 25.8. The predicted molar refractivity (Wildman–Crippen MR) is 172 cm³/mol. The average Bonchev–Trinajstić information content (AvgIpc) is 3.86. The van der Waals surface area contributed by atoms with E-state index in [1.165, 1.54) is 6.33 Å². The number of amides is 1. The summed E-state index contributed by atoms with van der Waals surface area (Å²) in [6.07, 6.45) is 16.8. The molecule has 6 aliphatic carbocycles. The van der Waals surface area contributed by atoms with Gasteiger partial charge in [-0.3, -0.25) is 23.7 Å². The van der Waals surface area contributed by atoms with E-state index >= 15 is 0 Å². The fourth-order valence-corrected chi connectivity index (χ4v) is 9.27. The number of cyclic esters (lactones) is 1. The van der Waals surface area contributed by atoms with Crippen LogP contribution in [-0.4, -0.2) is 67.7 Å². The first-order valence-corrected chi connectivity index (χ1v) is 17.9. The van der Waals surface area contributed by atoms with Crippen molar-refractivity contribution in [1.82, 2.24) is 19.5 Å². The van der Waals surface area contributed by atoms with Crippen molar-refractivity contribution in [2.45, 2.75) is 127 Å². The van der Waals surface area contributed by atoms with Gasteiger partial charge in [-0.15, -0.1) is 6.42 Å². The van der Waals surface area contributed by atoms with E-state index in [1.54, 1.807) is 11.5 Å². The third-order valence-corrected chi connectivity index (χ3v) is 12.5. The molecule has 2 saturated heterocycles. The van der Waals surface area contributed by atoms with Gasteiger partial charge in [0.05, 0.1) is 17.2 Å². The molecular formula is C36H43N5O8. The van der Waals surface area contributed by atoms with E-state index in [2.05, 4.69) is 26.2 Å². The molecule has 1 amide bonds. The van der Waals surface area contributed by atoms with E-state index < -0.39 is 46.7 Å². The third kappa shape index (κ3) is 5.56. The first-order valence-electron chi connectivity index (χ1n) is 17.9. The molecule has 10 rings (SSSR count). The van der Waals surface area contributed by atoms with Crippen LogP contribution in [-0.2, 0) is 38.1 Å². The second-order valence-electron chi connectivity index (χ2n) is 15.3. The molecule has 1 N–H and O–H groups in total. The van der Waals surface area contributed by atoms with E-state index in [0.29, 0.717) is 28.8 Å². The molecule has 0 aromatic carbocycles. The van der Waals surface area contributed by atoms with Gasteiger partial charge < -0.3 is 24.3 Å². The Hall–Kier alpha value is -4.05. The quantitative estimate of drug-likeness (QED) is 0.239. The molecule has 4 atom stereocenters. The first-order chi connectivity index (χ1) is 23.6. The number of esters is 3. The summed E-state index contributed by atoms with van der Waals surface area (Å²) >= 11 is 0. The van der Waals surface area contributed by atoms with Crippen LogP contribution < -0.4 is 5.32 Å². The number of ether oxygens (including phenoxy) is 4. The fourth-order valence-electron chi connectivity index (χ4n) is 9.27. The highest BCUT2D eigenvalue weighted by Gasteiger charge is 2.56. The second-order valence-corrected chi connectivity index (χ2v) is 15.3. The Kier molecular flexibility index (Phi) is 7.93. The van der Waals surface area contributed by atoms with Gasteiger partial charge in [-0.2, -0.15) is 0 Å². The van der Waals surface area contributed by atoms with Crippen LogP contribution in [0.4, 0.5) is 5.82 Å². The second kappa shape index (κ2) is 12.1. The number of nitrogens with one attached hydrogen (secondary N) is 1. The van der Waals surface area contributed by atoms with E-state index in [1.807, 2.05) is 0 Å². The molecule has 0 radical (unpaired) electrons. The molecule has 0 unspecified atom stereocenters. The van der Waals surface area contributed by atoms with Crippen LogP contribution in [0, 0.1) is 41.9 Å². The molecule has 49 heavy (non-hydrogen) atoms. The summed E-state index contributed by atoms with van der Waals surface area (Å²) in [4.78, 5) is 65.7. The van der Waals surface area contributed by atoms with Crippen molar-refractivity contribution in [2.24, 2.45) is 22.7 Å². The third-order valence-electron chi connectivity index (χ3n) is 12.5. The average molecular weight is 674 g/mol. The van der Waals surface area contributed by atoms with Crippen molar-refractivity contribution in [1.29, 1.82) is 0 Å². The largest absolute Gasteiger partial charge is 0.461 e. The molecule has 13 nitrogen and oxygen atoms in total. The molecule has 2 aromatic rings. The fraction of sp³-hybridized carbons (Fsp3) is 0.694.